The van der Waals surface area contributed by atoms with E-state index in [1.807, 2.05) is 0 Å². The van der Waals surface area contributed by atoms with Crippen LogP contribution in [0.3, 0.4) is 0 Å². The maximum atomic E-state index is 12.2. The van der Waals surface area contributed by atoms with Crippen LogP contribution >= 0.6 is 0 Å². The molecular weight excluding hydrogens is 142 g/mol. The molecule has 0 aromatic carbocycles. The van der Waals surface area contributed by atoms with Gasteiger partial charge >= 0.3 is 0 Å². The average molecular weight is 154 g/mol. The lowest BCUT2D eigenvalue weighted by molar-refractivity contribution is -0.0521. The maximum Gasteiger partial charge on any atom is 0.198 e. The summed E-state index contributed by atoms with van der Waals surface area (Å²) in [6.07, 6.45) is -2.70. The van der Waals surface area contributed by atoms with Gasteiger partial charge in [0.25, 0.3) is 0 Å². The van der Waals surface area contributed by atoms with Gasteiger partial charge in [0.1, 0.15) is 0 Å². The summed E-state index contributed by atoms with van der Waals surface area (Å²) >= 11 is 0. The van der Waals surface area contributed by atoms with Crippen molar-refractivity contribution in [2.24, 2.45) is 0 Å². The normalized spacial score (nSPS) is 16.8. The van der Waals surface area contributed by atoms with Crippen LogP contribution in [0.1, 0.15) is 12.8 Å². The second-order valence-electron chi connectivity index (χ2n) is 1.87. The predicted octanol–water partition coefficient (Wildman–Crippen LogP) is 1.65. The standard InChI is InChI=1S/C6H12F2O2/c1-9-5(7)3-4-6(8)10-2/h5-6H,3-4H2,1-2H3. The first-order valence-electron chi connectivity index (χ1n) is 3.04. The van der Waals surface area contributed by atoms with Crippen LogP contribution in [0.25, 0.3) is 0 Å². The Morgan fingerprint density at radius 1 is 1.00 bits per heavy atom. The first-order chi connectivity index (χ1) is 4.70. The highest BCUT2D eigenvalue weighted by molar-refractivity contribution is 4.45. The largest absolute Gasteiger partial charge is 0.351 e. The van der Waals surface area contributed by atoms with Crippen molar-refractivity contribution in [3.63, 3.8) is 0 Å². The van der Waals surface area contributed by atoms with Gasteiger partial charge in [-0.15, -0.1) is 0 Å². The van der Waals surface area contributed by atoms with Crippen molar-refractivity contribution in [1.29, 1.82) is 0 Å². The third kappa shape index (κ3) is 4.64. The smallest absolute Gasteiger partial charge is 0.198 e. The molecule has 0 saturated carbocycles. The van der Waals surface area contributed by atoms with E-state index in [0.29, 0.717) is 0 Å². The monoisotopic (exact) mass is 154 g/mol. The SMILES string of the molecule is COC(F)CCC(F)OC. The van der Waals surface area contributed by atoms with Crippen LogP contribution in [0.4, 0.5) is 8.78 Å². The molecule has 10 heavy (non-hydrogen) atoms. The Labute approximate surface area is 59.1 Å². The summed E-state index contributed by atoms with van der Waals surface area (Å²) in [7, 11) is 2.48. The molecule has 2 nitrogen and oxygen atoms in total. The van der Waals surface area contributed by atoms with E-state index in [1.165, 1.54) is 14.2 Å². The van der Waals surface area contributed by atoms with E-state index in [9.17, 15) is 8.78 Å². The molecule has 0 aromatic heterocycles. The Morgan fingerprint density at radius 3 is 1.50 bits per heavy atom. The van der Waals surface area contributed by atoms with E-state index in [4.69, 9.17) is 0 Å². The van der Waals surface area contributed by atoms with Gasteiger partial charge in [0.05, 0.1) is 0 Å². The van der Waals surface area contributed by atoms with Gasteiger partial charge in [0.15, 0.2) is 12.7 Å². The van der Waals surface area contributed by atoms with Crippen LogP contribution in [-0.4, -0.2) is 26.9 Å². The van der Waals surface area contributed by atoms with Gasteiger partial charge in [0.2, 0.25) is 0 Å². The Bertz CT molecular complexity index is 70.1. The summed E-state index contributed by atoms with van der Waals surface area (Å²) in [6, 6.07) is 0. The Hall–Kier alpha value is -0.220. The van der Waals surface area contributed by atoms with Crippen molar-refractivity contribution in [1.82, 2.24) is 0 Å². The molecule has 62 valence electrons. The van der Waals surface area contributed by atoms with E-state index in [0.717, 1.165) is 0 Å². The Kier molecular flexibility index (Phi) is 5.43. The lowest BCUT2D eigenvalue weighted by atomic mass is 10.3. The summed E-state index contributed by atoms with van der Waals surface area (Å²) in [5, 5.41) is 0. The van der Waals surface area contributed by atoms with E-state index in [2.05, 4.69) is 9.47 Å². The molecule has 0 aliphatic heterocycles. The number of hydrogen-bond donors (Lipinski definition) is 0. The van der Waals surface area contributed by atoms with Gasteiger partial charge in [-0.2, -0.15) is 0 Å². The van der Waals surface area contributed by atoms with E-state index in [-0.39, 0.29) is 12.8 Å². The molecule has 0 amide bonds. The third-order valence-corrected chi connectivity index (χ3v) is 1.13. The van der Waals surface area contributed by atoms with Crippen molar-refractivity contribution in [2.75, 3.05) is 14.2 Å². The van der Waals surface area contributed by atoms with Crippen molar-refractivity contribution in [2.45, 2.75) is 25.6 Å². The lowest BCUT2D eigenvalue weighted by Gasteiger charge is -2.07. The zero-order valence-corrected chi connectivity index (χ0v) is 6.14. The average Bonchev–Trinajstić information content (AvgIpc) is 1.99. The number of methoxy groups -OCH3 is 2. The summed E-state index contributed by atoms with van der Waals surface area (Å²) in [5.74, 6) is 0. The molecule has 0 aliphatic rings. The molecule has 0 heterocycles. The van der Waals surface area contributed by atoms with Crippen LogP contribution in [-0.2, 0) is 9.47 Å². The van der Waals surface area contributed by atoms with Crippen LogP contribution in [0.5, 0.6) is 0 Å². The minimum atomic E-state index is -1.38. The molecule has 0 bridgehead atoms. The van der Waals surface area contributed by atoms with Crippen LogP contribution < -0.4 is 0 Å². The molecular formula is C6H12F2O2. The molecule has 0 N–H and O–H groups in total. The lowest BCUT2D eigenvalue weighted by Crippen LogP contribution is -2.09. The fourth-order valence-electron chi connectivity index (χ4n) is 0.498. The minimum absolute atomic E-state index is 0.0332. The fourth-order valence-corrected chi connectivity index (χ4v) is 0.498. The fraction of sp³-hybridized carbons (Fsp3) is 1.00. The van der Waals surface area contributed by atoms with Gasteiger partial charge in [-0.1, -0.05) is 0 Å². The highest BCUT2D eigenvalue weighted by atomic mass is 19.2. The van der Waals surface area contributed by atoms with Crippen molar-refractivity contribution in [3.05, 3.63) is 0 Å². The van der Waals surface area contributed by atoms with Gasteiger partial charge in [-0.05, 0) is 0 Å². The molecule has 0 saturated heterocycles. The zero-order chi connectivity index (χ0) is 7.98. The van der Waals surface area contributed by atoms with Crippen molar-refractivity contribution in [3.8, 4) is 0 Å². The summed E-state index contributed by atoms with van der Waals surface area (Å²) in [5.41, 5.74) is 0. The number of rotatable bonds is 5. The van der Waals surface area contributed by atoms with E-state index in [1.54, 1.807) is 0 Å². The molecule has 2 unspecified atom stereocenters. The summed E-state index contributed by atoms with van der Waals surface area (Å²) in [6.45, 7) is 0. The van der Waals surface area contributed by atoms with Gasteiger partial charge in [-0.3, -0.25) is 0 Å². The quantitative estimate of drug-likeness (QED) is 0.599. The molecule has 0 aromatic rings. The first-order valence-corrected chi connectivity index (χ1v) is 3.04. The van der Waals surface area contributed by atoms with Gasteiger partial charge < -0.3 is 9.47 Å². The highest BCUT2D eigenvalue weighted by Crippen LogP contribution is 2.08. The number of alkyl halides is 2. The third-order valence-electron chi connectivity index (χ3n) is 1.13. The topological polar surface area (TPSA) is 18.5 Å². The van der Waals surface area contributed by atoms with E-state index < -0.39 is 12.7 Å². The summed E-state index contributed by atoms with van der Waals surface area (Å²) in [4.78, 5) is 0. The predicted molar refractivity (Wildman–Crippen MR) is 33.0 cm³/mol. The van der Waals surface area contributed by atoms with Crippen molar-refractivity contribution >= 4 is 0 Å². The second-order valence-corrected chi connectivity index (χ2v) is 1.87. The minimum Gasteiger partial charge on any atom is -0.351 e. The number of ether oxygens (including phenoxy) is 2. The molecule has 4 heteroatoms. The molecule has 2 atom stereocenters. The Balaban J connectivity index is 3.17. The molecule has 0 spiro atoms. The van der Waals surface area contributed by atoms with Gasteiger partial charge in [-0.25, -0.2) is 8.78 Å². The highest BCUT2D eigenvalue weighted by Gasteiger charge is 2.09. The molecule has 0 radical (unpaired) electrons. The Morgan fingerprint density at radius 2 is 1.30 bits per heavy atom. The maximum absolute atomic E-state index is 12.2. The second kappa shape index (κ2) is 5.56. The first kappa shape index (κ1) is 9.78. The van der Waals surface area contributed by atoms with Crippen LogP contribution in [0.2, 0.25) is 0 Å². The molecule has 0 fully saturated rings. The van der Waals surface area contributed by atoms with Gasteiger partial charge in [0, 0.05) is 27.1 Å². The zero-order valence-electron chi connectivity index (χ0n) is 6.14. The van der Waals surface area contributed by atoms with Crippen LogP contribution in [0, 0.1) is 0 Å². The molecule has 0 aliphatic carbocycles. The number of halogens is 2. The summed E-state index contributed by atoms with van der Waals surface area (Å²) < 4.78 is 32.9. The van der Waals surface area contributed by atoms with Crippen LogP contribution in [0.15, 0.2) is 0 Å². The number of hydrogen-bond acceptors (Lipinski definition) is 2. The molecule has 0 rings (SSSR count). The van der Waals surface area contributed by atoms with E-state index >= 15 is 0 Å². The van der Waals surface area contributed by atoms with Crippen molar-refractivity contribution < 1.29 is 18.3 Å².